The maximum Gasteiger partial charge on any atom is 0.134 e. The SMILES string of the molecule is CC1CCC(C(C)C)C(Oc2ccc(N)cc2Br)C1. The minimum absolute atomic E-state index is 0.323. The number of rotatable bonds is 3. The van der Waals surface area contributed by atoms with Gasteiger partial charge < -0.3 is 10.5 Å². The largest absolute Gasteiger partial charge is 0.489 e. The quantitative estimate of drug-likeness (QED) is 0.804. The summed E-state index contributed by atoms with van der Waals surface area (Å²) in [7, 11) is 0. The number of benzene rings is 1. The number of nitrogens with two attached hydrogens (primary N) is 1. The molecule has 0 spiro atoms. The van der Waals surface area contributed by atoms with Crippen molar-refractivity contribution >= 4 is 21.6 Å². The molecular weight excluding hydrogens is 302 g/mol. The van der Waals surface area contributed by atoms with Crippen LogP contribution >= 0.6 is 15.9 Å². The van der Waals surface area contributed by atoms with Crippen LogP contribution in [0.25, 0.3) is 0 Å². The molecule has 1 aromatic rings. The van der Waals surface area contributed by atoms with Crippen LogP contribution in [0, 0.1) is 17.8 Å². The van der Waals surface area contributed by atoms with Crippen molar-refractivity contribution in [3.8, 4) is 5.75 Å². The van der Waals surface area contributed by atoms with Crippen molar-refractivity contribution in [2.75, 3.05) is 5.73 Å². The lowest BCUT2D eigenvalue weighted by Gasteiger charge is -2.37. The molecule has 1 aliphatic carbocycles. The minimum Gasteiger partial charge on any atom is -0.489 e. The molecule has 2 N–H and O–H groups in total. The summed E-state index contributed by atoms with van der Waals surface area (Å²) in [5, 5.41) is 0. The zero-order valence-electron chi connectivity index (χ0n) is 12.0. The third-order valence-electron chi connectivity index (χ3n) is 4.20. The Morgan fingerprint density at radius 2 is 2.05 bits per heavy atom. The van der Waals surface area contributed by atoms with E-state index in [-0.39, 0.29) is 0 Å². The lowest BCUT2D eigenvalue weighted by molar-refractivity contribution is 0.0455. The molecule has 0 radical (unpaired) electrons. The van der Waals surface area contributed by atoms with E-state index in [9.17, 15) is 0 Å². The van der Waals surface area contributed by atoms with Crippen LogP contribution in [0.15, 0.2) is 22.7 Å². The molecule has 0 aliphatic heterocycles. The van der Waals surface area contributed by atoms with E-state index in [0.717, 1.165) is 28.2 Å². The van der Waals surface area contributed by atoms with Crippen molar-refractivity contribution in [3.63, 3.8) is 0 Å². The van der Waals surface area contributed by atoms with Crippen molar-refractivity contribution in [2.24, 2.45) is 17.8 Å². The number of nitrogen functional groups attached to an aromatic ring is 1. The van der Waals surface area contributed by atoms with Gasteiger partial charge in [-0.3, -0.25) is 0 Å². The monoisotopic (exact) mass is 325 g/mol. The maximum atomic E-state index is 6.28. The minimum atomic E-state index is 0.323. The lowest BCUT2D eigenvalue weighted by Crippen LogP contribution is -2.36. The number of hydrogen-bond acceptors (Lipinski definition) is 2. The van der Waals surface area contributed by atoms with Crippen LogP contribution in [-0.2, 0) is 0 Å². The predicted octanol–water partition coefficient (Wildman–Crippen LogP) is 4.87. The first-order chi connectivity index (χ1) is 8.97. The molecule has 0 saturated heterocycles. The fourth-order valence-electron chi connectivity index (χ4n) is 3.03. The zero-order chi connectivity index (χ0) is 14.0. The third kappa shape index (κ3) is 3.65. The summed E-state index contributed by atoms with van der Waals surface area (Å²) < 4.78 is 7.24. The second-order valence-corrected chi connectivity index (χ2v) is 7.03. The third-order valence-corrected chi connectivity index (χ3v) is 4.82. The van der Waals surface area contributed by atoms with Gasteiger partial charge in [-0.1, -0.05) is 27.2 Å². The molecule has 19 heavy (non-hydrogen) atoms. The van der Waals surface area contributed by atoms with E-state index in [1.165, 1.54) is 12.8 Å². The topological polar surface area (TPSA) is 35.2 Å². The normalized spacial score (nSPS) is 27.5. The molecule has 1 fully saturated rings. The highest BCUT2D eigenvalue weighted by molar-refractivity contribution is 9.10. The van der Waals surface area contributed by atoms with E-state index in [1.54, 1.807) is 0 Å². The molecule has 0 aromatic heterocycles. The van der Waals surface area contributed by atoms with Gasteiger partial charge >= 0.3 is 0 Å². The first-order valence-electron chi connectivity index (χ1n) is 7.19. The van der Waals surface area contributed by atoms with Gasteiger partial charge in [0.2, 0.25) is 0 Å². The second-order valence-electron chi connectivity index (χ2n) is 6.17. The highest BCUT2D eigenvalue weighted by atomic mass is 79.9. The van der Waals surface area contributed by atoms with E-state index in [1.807, 2.05) is 18.2 Å². The van der Waals surface area contributed by atoms with E-state index < -0.39 is 0 Å². The average Bonchev–Trinajstić information content (AvgIpc) is 2.32. The summed E-state index contributed by atoms with van der Waals surface area (Å²) in [6, 6.07) is 5.78. The Balaban J connectivity index is 2.14. The second kappa shape index (κ2) is 6.17. The van der Waals surface area contributed by atoms with Gasteiger partial charge in [0.25, 0.3) is 0 Å². The van der Waals surface area contributed by atoms with Crippen LogP contribution in [0.2, 0.25) is 0 Å². The van der Waals surface area contributed by atoms with Gasteiger partial charge in [0.1, 0.15) is 11.9 Å². The Hall–Kier alpha value is -0.700. The van der Waals surface area contributed by atoms with Crippen LogP contribution < -0.4 is 10.5 Å². The van der Waals surface area contributed by atoms with Crippen molar-refractivity contribution in [1.82, 2.24) is 0 Å². The molecule has 1 aliphatic rings. The summed E-state index contributed by atoms with van der Waals surface area (Å²) in [6.45, 7) is 6.93. The van der Waals surface area contributed by atoms with Gasteiger partial charge in [-0.05, 0) is 64.7 Å². The Morgan fingerprint density at radius 3 is 2.68 bits per heavy atom. The molecule has 3 atom stereocenters. The van der Waals surface area contributed by atoms with Crippen molar-refractivity contribution in [1.29, 1.82) is 0 Å². The highest BCUT2D eigenvalue weighted by Gasteiger charge is 2.32. The fraction of sp³-hybridized carbons (Fsp3) is 0.625. The van der Waals surface area contributed by atoms with Crippen molar-refractivity contribution in [3.05, 3.63) is 22.7 Å². The first kappa shape index (κ1) is 14.7. The fourth-order valence-corrected chi connectivity index (χ4v) is 3.52. The molecule has 0 bridgehead atoms. The summed E-state index contributed by atoms with van der Waals surface area (Å²) in [5.41, 5.74) is 6.53. The molecule has 106 valence electrons. The van der Waals surface area contributed by atoms with Gasteiger partial charge in [-0.15, -0.1) is 0 Å². The van der Waals surface area contributed by atoms with Gasteiger partial charge in [-0.25, -0.2) is 0 Å². The molecule has 3 unspecified atom stereocenters. The summed E-state index contributed by atoms with van der Waals surface area (Å²) in [4.78, 5) is 0. The predicted molar refractivity (Wildman–Crippen MR) is 84.3 cm³/mol. The van der Waals surface area contributed by atoms with Gasteiger partial charge in [0, 0.05) is 5.69 Å². The number of halogens is 1. The zero-order valence-corrected chi connectivity index (χ0v) is 13.6. The Morgan fingerprint density at radius 1 is 1.32 bits per heavy atom. The molecule has 0 heterocycles. The number of anilines is 1. The highest BCUT2D eigenvalue weighted by Crippen LogP contribution is 2.37. The van der Waals surface area contributed by atoms with Crippen molar-refractivity contribution < 1.29 is 4.74 Å². The van der Waals surface area contributed by atoms with E-state index >= 15 is 0 Å². The molecule has 1 saturated carbocycles. The molecular formula is C16H24BrNO. The Labute approximate surface area is 124 Å². The molecule has 3 heteroatoms. The smallest absolute Gasteiger partial charge is 0.134 e. The molecule has 2 rings (SSSR count). The van der Waals surface area contributed by atoms with Gasteiger partial charge in [0.05, 0.1) is 4.47 Å². The van der Waals surface area contributed by atoms with Crippen LogP contribution in [0.4, 0.5) is 5.69 Å². The van der Waals surface area contributed by atoms with Crippen LogP contribution in [0.3, 0.4) is 0 Å². The standard InChI is InChI=1S/C16H24BrNO/c1-10(2)13-6-4-11(3)8-16(13)19-15-7-5-12(18)9-14(15)17/h5,7,9-11,13,16H,4,6,8,18H2,1-3H3. The first-order valence-corrected chi connectivity index (χ1v) is 7.98. The molecule has 2 nitrogen and oxygen atoms in total. The van der Waals surface area contributed by atoms with E-state index in [0.29, 0.717) is 17.9 Å². The van der Waals surface area contributed by atoms with Gasteiger partial charge in [-0.2, -0.15) is 0 Å². The Kier molecular flexibility index (Phi) is 4.77. The van der Waals surface area contributed by atoms with Crippen LogP contribution in [0.5, 0.6) is 5.75 Å². The summed E-state index contributed by atoms with van der Waals surface area (Å²) in [6.07, 6.45) is 4.07. The number of hydrogen-bond donors (Lipinski definition) is 1. The van der Waals surface area contributed by atoms with Crippen LogP contribution in [0.1, 0.15) is 40.0 Å². The number of ether oxygens (including phenoxy) is 1. The van der Waals surface area contributed by atoms with E-state index in [2.05, 4.69) is 36.7 Å². The molecule has 0 amide bonds. The van der Waals surface area contributed by atoms with Gasteiger partial charge in [0.15, 0.2) is 0 Å². The van der Waals surface area contributed by atoms with E-state index in [4.69, 9.17) is 10.5 Å². The van der Waals surface area contributed by atoms with Crippen molar-refractivity contribution in [2.45, 2.75) is 46.1 Å². The van der Waals surface area contributed by atoms with Crippen LogP contribution in [-0.4, -0.2) is 6.10 Å². The summed E-state index contributed by atoms with van der Waals surface area (Å²) in [5.74, 6) is 3.00. The Bertz CT molecular complexity index is 433. The lowest BCUT2D eigenvalue weighted by atomic mass is 9.75. The molecule has 1 aromatic carbocycles. The average molecular weight is 326 g/mol. The summed E-state index contributed by atoms with van der Waals surface area (Å²) >= 11 is 3.54. The maximum absolute atomic E-state index is 6.28.